The Morgan fingerprint density at radius 3 is 2.00 bits per heavy atom. The van der Waals surface area contributed by atoms with Crippen LogP contribution in [0.4, 0.5) is 0 Å². The van der Waals surface area contributed by atoms with Gasteiger partial charge in [-0.3, -0.25) is 0 Å². The minimum Gasteiger partial charge on any atom is -0.427 e. The largest absolute Gasteiger partial charge is 0.427 e. The van der Waals surface area contributed by atoms with Crippen molar-refractivity contribution < 1.29 is 27.1 Å². The van der Waals surface area contributed by atoms with Crippen LogP contribution in [0.5, 0.6) is 5.75 Å². The zero-order valence-corrected chi connectivity index (χ0v) is 12.8. The van der Waals surface area contributed by atoms with Crippen molar-refractivity contribution in [2.45, 2.75) is 0 Å². The highest BCUT2D eigenvalue weighted by Gasteiger charge is 2.44. The maximum absolute atomic E-state index is 5.67. The Bertz CT molecular complexity index is 413. The molecule has 20 heavy (non-hydrogen) atoms. The van der Waals surface area contributed by atoms with E-state index in [1.807, 2.05) is 30.3 Å². The van der Waals surface area contributed by atoms with Crippen molar-refractivity contribution in [1.82, 2.24) is 0 Å². The van der Waals surface area contributed by atoms with Crippen molar-refractivity contribution in [3.8, 4) is 5.75 Å². The molecule has 6 nitrogen and oxygen atoms in total. The molecule has 110 valence electrons. The van der Waals surface area contributed by atoms with Gasteiger partial charge in [-0.1, -0.05) is 18.2 Å². The lowest BCUT2D eigenvalue weighted by Gasteiger charge is -2.41. The number of hydrogen-bond acceptors (Lipinski definition) is 6. The topological polar surface area (TPSA) is 55.4 Å². The van der Waals surface area contributed by atoms with E-state index in [2.05, 4.69) is 0 Å². The van der Waals surface area contributed by atoms with Crippen LogP contribution in [-0.2, 0) is 22.6 Å². The van der Waals surface area contributed by atoms with Gasteiger partial charge < -0.3 is 27.1 Å². The van der Waals surface area contributed by atoms with E-state index in [4.69, 9.17) is 27.1 Å². The zero-order valence-electron chi connectivity index (χ0n) is 11.1. The Morgan fingerprint density at radius 1 is 0.900 bits per heavy atom. The second kappa shape index (κ2) is 6.63. The molecule has 3 rings (SSSR count). The normalized spacial score (nSPS) is 34.0. The molecule has 0 radical (unpaired) electrons. The quantitative estimate of drug-likeness (QED) is 0.798. The van der Waals surface area contributed by atoms with E-state index >= 15 is 0 Å². The van der Waals surface area contributed by atoms with Gasteiger partial charge in [-0.05, 0) is 12.1 Å². The third-order valence-electron chi connectivity index (χ3n) is 2.98. The van der Waals surface area contributed by atoms with Crippen LogP contribution in [-0.4, -0.2) is 33.5 Å². The van der Waals surface area contributed by atoms with Crippen LogP contribution in [0.2, 0.25) is 0 Å². The van der Waals surface area contributed by atoms with Gasteiger partial charge in [0.25, 0.3) is 0 Å². The summed E-state index contributed by atoms with van der Waals surface area (Å²) in [6.07, 6.45) is 0. The van der Waals surface area contributed by atoms with Crippen LogP contribution < -0.4 is 4.52 Å². The maximum atomic E-state index is 5.67. The first-order valence-electron chi connectivity index (χ1n) is 6.19. The van der Waals surface area contributed by atoms with Crippen molar-refractivity contribution in [3.63, 3.8) is 0 Å². The van der Waals surface area contributed by atoms with Crippen LogP contribution in [0.15, 0.2) is 30.3 Å². The minimum atomic E-state index is -1.35. The molecule has 0 amide bonds. The molecular formula is C12H16O6P2. The van der Waals surface area contributed by atoms with Crippen LogP contribution in [0.25, 0.3) is 0 Å². The molecular weight excluding hydrogens is 302 g/mol. The highest BCUT2D eigenvalue weighted by molar-refractivity contribution is 7.42. The summed E-state index contributed by atoms with van der Waals surface area (Å²) in [7, 11) is -0.985. The van der Waals surface area contributed by atoms with Gasteiger partial charge in [-0.15, -0.1) is 0 Å². The molecule has 0 unspecified atom stereocenters. The van der Waals surface area contributed by atoms with Crippen LogP contribution in [0.1, 0.15) is 0 Å². The zero-order chi connectivity index (χ0) is 13.8. The van der Waals surface area contributed by atoms with Gasteiger partial charge in [0.1, 0.15) is 5.75 Å². The fourth-order valence-corrected chi connectivity index (χ4v) is 4.08. The standard InChI is InChI=1S/C12H16O6P2/c1-13-19-14-7-12(8-15-19)9-16-20(17-10-12)18-11-5-3-2-4-6-11/h2-6H,7-10H2,1H3. The molecule has 0 N–H and O–H groups in total. The predicted molar refractivity (Wildman–Crippen MR) is 74.2 cm³/mol. The summed E-state index contributed by atoms with van der Waals surface area (Å²) in [5.74, 6) is 0.744. The van der Waals surface area contributed by atoms with E-state index in [1.54, 1.807) is 7.11 Å². The Balaban J connectivity index is 1.50. The summed E-state index contributed by atoms with van der Waals surface area (Å²) in [5, 5.41) is 0. The lowest BCUT2D eigenvalue weighted by atomic mass is 9.93. The first-order chi connectivity index (χ1) is 9.80. The lowest BCUT2D eigenvalue weighted by Crippen LogP contribution is -2.44. The second-order valence-corrected chi connectivity index (χ2v) is 7.10. The van der Waals surface area contributed by atoms with Gasteiger partial charge in [0.2, 0.25) is 0 Å². The van der Waals surface area contributed by atoms with E-state index in [0.29, 0.717) is 26.4 Å². The fraction of sp³-hybridized carbons (Fsp3) is 0.500. The fourth-order valence-electron chi connectivity index (χ4n) is 1.81. The summed E-state index contributed by atoms with van der Waals surface area (Å²) in [6.45, 7) is 2.03. The molecule has 0 aromatic heterocycles. The third kappa shape index (κ3) is 3.46. The van der Waals surface area contributed by atoms with Crippen LogP contribution >= 0.6 is 17.2 Å². The summed E-state index contributed by atoms with van der Waals surface area (Å²) in [6, 6.07) is 9.50. The monoisotopic (exact) mass is 318 g/mol. The number of para-hydroxylation sites is 1. The van der Waals surface area contributed by atoms with Crippen molar-refractivity contribution >= 4 is 17.2 Å². The van der Waals surface area contributed by atoms with E-state index in [0.717, 1.165) is 5.75 Å². The van der Waals surface area contributed by atoms with Gasteiger partial charge in [0.15, 0.2) is 0 Å². The molecule has 1 aromatic rings. The number of rotatable bonds is 3. The highest BCUT2D eigenvalue weighted by atomic mass is 31.2. The smallest absolute Gasteiger partial charge is 0.397 e. The molecule has 2 heterocycles. The van der Waals surface area contributed by atoms with Crippen LogP contribution in [0.3, 0.4) is 0 Å². The summed E-state index contributed by atoms with van der Waals surface area (Å²) < 4.78 is 33.0. The average molecular weight is 318 g/mol. The van der Waals surface area contributed by atoms with Crippen molar-refractivity contribution in [2.75, 3.05) is 33.5 Å². The predicted octanol–water partition coefficient (Wildman–Crippen LogP) is 3.25. The minimum absolute atomic E-state index is 0.254. The molecule has 2 fully saturated rings. The van der Waals surface area contributed by atoms with E-state index in [-0.39, 0.29) is 5.41 Å². The van der Waals surface area contributed by atoms with E-state index in [9.17, 15) is 0 Å². The Morgan fingerprint density at radius 2 is 1.45 bits per heavy atom. The Hall–Kier alpha value is -0.320. The van der Waals surface area contributed by atoms with Gasteiger partial charge >= 0.3 is 17.2 Å². The Labute approximate surface area is 120 Å². The molecule has 1 aromatic carbocycles. The maximum Gasteiger partial charge on any atom is 0.397 e. The van der Waals surface area contributed by atoms with E-state index < -0.39 is 17.2 Å². The van der Waals surface area contributed by atoms with Crippen molar-refractivity contribution in [1.29, 1.82) is 0 Å². The third-order valence-corrected chi connectivity index (χ3v) is 4.99. The molecule has 2 aliphatic rings. The van der Waals surface area contributed by atoms with Gasteiger partial charge in [0.05, 0.1) is 31.8 Å². The first kappa shape index (κ1) is 14.6. The SMILES string of the molecule is COP1OCC2(CO1)COP(Oc1ccccc1)OC2. The van der Waals surface area contributed by atoms with Gasteiger partial charge in [-0.2, -0.15) is 0 Å². The molecule has 1 spiro atoms. The van der Waals surface area contributed by atoms with Crippen molar-refractivity contribution in [3.05, 3.63) is 30.3 Å². The summed E-state index contributed by atoms with van der Waals surface area (Å²) in [5.41, 5.74) is -0.254. The van der Waals surface area contributed by atoms with Crippen molar-refractivity contribution in [2.24, 2.45) is 5.41 Å². The molecule has 8 heteroatoms. The molecule has 2 aliphatic heterocycles. The first-order valence-corrected chi connectivity index (χ1v) is 8.38. The number of hydrogen-bond donors (Lipinski definition) is 0. The summed E-state index contributed by atoms with van der Waals surface area (Å²) in [4.78, 5) is 0. The van der Waals surface area contributed by atoms with E-state index in [1.165, 1.54) is 0 Å². The molecule has 0 aliphatic carbocycles. The van der Waals surface area contributed by atoms with Gasteiger partial charge in [0, 0.05) is 7.11 Å². The summed E-state index contributed by atoms with van der Waals surface area (Å²) >= 11 is 0. The Kier molecular flexibility index (Phi) is 4.84. The molecule has 0 saturated carbocycles. The second-order valence-electron chi connectivity index (χ2n) is 4.63. The number of benzene rings is 1. The average Bonchev–Trinajstić information content (AvgIpc) is 2.52. The molecule has 2 saturated heterocycles. The highest BCUT2D eigenvalue weighted by Crippen LogP contribution is 2.52. The van der Waals surface area contributed by atoms with Crippen LogP contribution in [0, 0.1) is 5.41 Å². The lowest BCUT2D eigenvalue weighted by molar-refractivity contribution is -0.0701. The van der Waals surface area contributed by atoms with Gasteiger partial charge in [-0.25, -0.2) is 0 Å². The molecule has 0 bridgehead atoms. The molecule has 0 atom stereocenters.